The maximum absolute atomic E-state index is 10.9. The summed E-state index contributed by atoms with van der Waals surface area (Å²) in [5, 5.41) is 11.1. The summed E-state index contributed by atoms with van der Waals surface area (Å²) < 4.78 is 4.87. The molecule has 0 spiro atoms. The van der Waals surface area contributed by atoms with E-state index in [0.29, 0.717) is 13.2 Å². The molecule has 5 heteroatoms. The molecule has 0 aliphatic carbocycles. The summed E-state index contributed by atoms with van der Waals surface area (Å²) in [5.74, 6) is -0.231. The van der Waals surface area contributed by atoms with Gasteiger partial charge in [-0.3, -0.25) is 4.79 Å². The summed E-state index contributed by atoms with van der Waals surface area (Å²) in [6.07, 6.45) is 0. The Morgan fingerprint density at radius 2 is 2.42 bits per heavy atom. The van der Waals surface area contributed by atoms with Crippen LogP contribution in [0, 0.1) is 0 Å². The van der Waals surface area contributed by atoms with Crippen LogP contribution in [-0.4, -0.2) is 43.4 Å². The van der Waals surface area contributed by atoms with Crippen molar-refractivity contribution in [2.24, 2.45) is 5.73 Å². The summed E-state index contributed by atoms with van der Waals surface area (Å²) in [4.78, 5) is 10.9. The van der Waals surface area contributed by atoms with E-state index < -0.39 is 0 Å². The first-order valence-corrected chi connectivity index (χ1v) is 3.88. The molecule has 0 saturated carbocycles. The minimum absolute atomic E-state index is 0.00153. The van der Waals surface area contributed by atoms with Crippen LogP contribution in [-0.2, 0) is 9.53 Å². The zero-order chi connectivity index (χ0) is 9.40. The first-order chi connectivity index (χ1) is 5.70. The van der Waals surface area contributed by atoms with E-state index in [0.717, 1.165) is 0 Å². The van der Waals surface area contributed by atoms with Crippen molar-refractivity contribution < 1.29 is 14.6 Å². The summed E-state index contributed by atoms with van der Waals surface area (Å²) >= 11 is 0. The van der Waals surface area contributed by atoms with Crippen LogP contribution in [0.25, 0.3) is 0 Å². The fourth-order valence-electron chi connectivity index (χ4n) is 0.610. The zero-order valence-corrected chi connectivity index (χ0v) is 7.25. The van der Waals surface area contributed by atoms with Gasteiger partial charge in [0, 0.05) is 12.6 Å². The Morgan fingerprint density at radius 3 is 2.92 bits per heavy atom. The zero-order valence-electron chi connectivity index (χ0n) is 7.25. The Morgan fingerprint density at radius 1 is 1.75 bits per heavy atom. The second-order valence-corrected chi connectivity index (χ2v) is 2.49. The number of carbonyl (C=O) groups excluding carboxylic acids is 1. The minimum atomic E-state index is -0.231. The second kappa shape index (κ2) is 7.02. The molecule has 1 amide bonds. The van der Waals surface area contributed by atoms with Gasteiger partial charge < -0.3 is 20.9 Å². The van der Waals surface area contributed by atoms with E-state index in [2.05, 4.69) is 5.32 Å². The third kappa shape index (κ3) is 6.09. The highest BCUT2D eigenvalue weighted by Gasteiger charge is 2.04. The lowest BCUT2D eigenvalue weighted by molar-refractivity contribution is -0.126. The molecular weight excluding hydrogens is 160 g/mol. The Hall–Kier alpha value is -0.650. The van der Waals surface area contributed by atoms with E-state index >= 15 is 0 Å². The standard InChI is InChI=1S/C7H16N2O3/c1-6(4-10)9-7(11)5-12-3-2-8/h6,10H,2-5,8H2,1H3,(H,9,11)/t6-/m1/s1. The molecule has 0 fully saturated rings. The third-order valence-corrected chi connectivity index (χ3v) is 1.18. The molecule has 0 unspecified atom stereocenters. The molecule has 0 aromatic rings. The first-order valence-electron chi connectivity index (χ1n) is 3.88. The lowest BCUT2D eigenvalue weighted by atomic mass is 10.3. The molecule has 12 heavy (non-hydrogen) atoms. The number of amides is 1. The predicted molar refractivity (Wildman–Crippen MR) is 44.6 cm³/mol. The predicted octanol–water partition coefficient (Wildman–Crippen LogP) is -1.54. The number of carbonyl (C=O) groups is 1. The Labute approximate surface area is 71.9 Å². The summed E-state index contributed by atoms with van der Waals surface area (Å²) in [6.45, 7) is 2.43. The van der Waals surface area contributed by atoms with Crippen molar-refractivity contribution in [2.45, 2.75) is 13.0 Å². The number of aliphatic hydroxyl groups is 1. The topological polar surface area (TPSA) is 84.6 Å². The molecule has 0 radical (unpaired) electrons. The minimum Gasteiger partial charge on any atom is -0.394 e. The van der Waals surface area contributed by atoms with Crippen molar-refractivity contribution in [3.63, 3.8) is 0 Å². The molecule has 0 aromatic heterocycles. The van der Waals surface area contributed by atoms with Gasteiger partial charge >= 0.3 is 0 Å². The smallest absolute Gasteiger partial charge is 0.246 e. The van der Waals surface area contributed by atoms with Gasteiger partial charge in [-0.15, -0.1) is 0 Å². The van der Waals surface area contributed by atoms with Gasteiger partial charge in [-0.25, -0.2) is 0 Å². The van der Waals surface area contributed by atoms with Crippen molar-refractivity contribution >= 4 is 5.91 Å². The third-order valence-electron chi connectivity index (χ3n) is 1.18. The quantitative estimate of drug-likeness (QED) is 0.428. The van der Waals surface area contributed by atoms with E-state index in [-0.39, 0.29) is 25.2 Å². The molecule has 0 aliphatic rings. The summed E-state index contributed by atoms with van der Waals surface area (Å²) in [6, 6.07) is -0.223. The Kier molecular flexibility index (Phi) is 6.64. The van der Waals surface area contributed by atoms with Crippen molar-refractivity contribution in [1.82, 2.24) is 5.32 Å². The van der Waals surface area contributed by atoms with Crippen LogP contribution in [0.4, 0.5) is 0 Å². The molecule has 0 aliphatic heterocycles. The lowest BCUT2D eigenvalue weighted by Crippen LogP contribution is -2.37. The van der Waals surface area contributed by atoms with Gasteiger partial charge in [0.25, 0.3) is 0 Å². The van der Waals surface area contributed by atoms with Gasteiger partial charge in [0.2, 0.25) is 5.91 Å². The lowest BCUT2D eigenvalue weighted by Gasteiger charge is -2.10. The molecule has 0 bridgehead atoms. The van der Waals surface area contributed by atoms with Crippen LogP contribution in [0.2, 0.25) is 0 Å². The normalized spacial score (nSPS) is 12.6. The maximum atomic E-state index is 10.9. The van der Waals surface area contributed by atoms with Crippen LogP contribution >= 0.6 is 0 Å². The summed E-state index contributed by atoms with van der Waals surface area (Å²) in [5.41, 5.74) is 5.15. The van der Waals surface area contributed by atoms with Gasteiger partial charge in [-0.2, -0.15) is 0 Å². The highest BCUT2D eigenvalue weighted by molar-refractivity contribution is 5.77. The van der Waals surface area contributed by atoms with Crippen LogP contribution in [0.3, 0.4) is 0 Å². The number of ether oxygens (including phenoxy) is 1. The maximum Gasteiger partial charge on any atom is 0.246 e. The Bertz CT molecular complexity index is 130. The molecule has 5 nitrogen and oxygen atoms in total. The number of nitrogens with two attached hydrogens (primary N) is 1. The highest BCUT2D eigenvalue weighted by atomic mass is 16.5. The first kappa shape index (κ1) is 11.4. The van der Waals surface area contributed by atoms with E-state index in [4.69, 9.17) is 15.6 Å². The number of rotatable bonds is 6. The second-order valence-electron chi connectivity index (χ2n) is 2.49. The molecule has 0 heterocycles. The fraction of sp³-hybridized carbons (Fsp3) is 0.857. The highest BCUT2D eigenvalue weighted by Crippen LogP contribution is 1.79. The fourth-order valence-corrected chi connectivity index (χ4v) is 0.610. The number of hydrogen-bond acceptors (Lipinski definition) is 4. The molecule has 0 saturated heterocycles. The van der Waals surface area contributed by atoms with Gasteiger partial charge in [-0.05, 0) is 6.92 Å². The molecule has 1 atom stereocenters. The van der Waals surface area contributed by atoms with Gasteiger partial charge in [0.05, 0.1) is 13.2 Å². The van der Waals surface area contributed by atoms with Crippen LogP contribution in [0.1, 0.15) is 6.92 Å². The van der Waals surface area contributed by atoms with Crippen LogP contribution in [0.15, 0.2) is 0 Å². The van der Waals surface area contributed by atoms with Gasteiger partial charge in [0.15, 0.2) is 0 Å². The average molecular weight is 176 g/mol. The van der Waals surface area contributed by atoms with E-state index in [1.54, 1.807) is 6.92 Å². The molecule has 0 rings (SSSR count). The van der Waals surface area contributed by atoms with Crippen LogP contribution < -0.4 is 11.1 Å². The SMILES string of the molecule is C[C@H](CO)NC(=O)COCCN. The van der Waals surface area contributed by atoms with E-state index in [9.17, 15) is 4.79 Å². The van der Waals surface area contributed by atoms with Gasteiger partial charge in [0.1, 0.15) is 6.61 Å². The monoisotopic (exact) mass is 176 g/mol. The van der Waals surface area contributed by atoms with Crippen molar-refractivity contribution in [3.8, 4) is 0 Å². The number of aliphatic hydroxyl groups excluding tert-OH is 1. The van der Waals surface area contributed by atoms with E-state index in [1.807, 2.05) is 0 Å². The molecule has 4 N–H and O–H groups in total. The molecule has 72 valence electrons. The molecular formula is C7H16N2O3. The van der Waals surface area contributed by atoms with E-state index in [1.165, 1.54) is 0 Å². The number of nitrogens with one attached hydrogen (secondary N) is 1. The summed E-state index contributed by atoms with van der Waals surface area (Å²) in [7, 11) is 0. The van der Waals surface area contributed by atoms with Crippen molar-refractivity contribution in [3.05, 3.63) is 0 Å². The largest absolute Gasteiger partial charge is 0.394 e. The van der Waals surface area contributed by atoms with Crippen LogP contribution in [0.5, 0.6) is 0 Å². The number of hydrogen-bond donors (Lipinski definition) is 3. The Balaban J connectivity index is 3.33. The average Bonchev–Trinajstić information content (AvgIpc) is 2.05. The van der Waals surface area contributed by atoms with Crippen molar-refractivity contribution in [1.29, 1.82) is 0 Å². The van der Waals surface area contributed by atoms with Crippen molar-refractivity contribution in [2.75, 3.05) is 26.4 Å². The van der Waals surface area contributed by atoms with Gasteiger partial charge in [-0.1, -0.05) is 0 Å². The molecule has 0 aromatic carbocycles.